The number of amidine groups is 1. The average molecular weight is 472 g/mol. The number of aliphatic carboxylic acids is 1. The Morgan fingerprint density at radius 2 is 1.74 bits per heavy atom. The Labute approximate surface area is 202 Å². The van der Waals surface area contributed by atoms with Crippen molar-refractivity contribution in [2.24, 2.45) is 4.99 Å². The molecule has 1 saturated heterocycles. The Kier molecular flexibility index (Phi) is 7.44. The van der Waals surface area contributed by atoms with E-state index in [9.17, 15) is 14.7 Å². The van der Waals surface area contributed by atoms with Crippen LogP contribution in [0.4, 0.5) is 5.69 Å². The van der Waals surface area contributed by atoms with Gasteiger partial charge in [-0.05, 0) is 66.6 Å². The van der Waals surface area contributed by atoms with Gasteiger partial charge in [0.05, 0.1) is 16.6 Å². The minimum absolute atomic E-state index is 0.0935. The molecule has 0 aromatic heterocycles. The van der Waals surface area contributed by atoms with Crippen LogP contribution in [-0.2, 0) is 16.0 Å². The van der Waals surface area contributed by atoms with Crippen LogP contribution in [0.15, 0.2) is 88.8 Å². The van der Waals surface area contributed by atoms with Crippen LogP contribution in [0.3, 0.4) is 0 Å². The van der Waals surface area contributed by atoms with E-state index in [2.05, 4.69) is 0 Å². The quantitative estimate of drug-likeness (QED) is 0.465. The summed E-state index contributed by atoms with van der Waals surface area (Å²) in [5.41, 5.74) is 3.89. The molecule has 0 bridgehead atoms. The van der Waals surface area contributed by atoms with E-state index >= 15 is 0 Å². The highest BCUT2D eigenvalue weighted by Gasteiger charge is 2.33. The van der Waals surface area contributed by atoms with Crippen molar-refractivity contribution < 1.29 is 19.4 Å². The van der Waals surface area contributed by atoms with Crippen molar-refractivity contribution in [3.8, 4) is 5.75 Å². The standard InChI is InChI=1S/C27H24N2O4S/c1-19-7-11-22(12-8-19)28-27-29(16-15-20-5-3-2-4-6-20)26(32)24(34-27)17-21-9-13-23(14-10-21)33-18-25(30)31/h2-14,17H,15-16,18H2,1H3,(H,30,31)/p-1. The smallest absolute Gasteiger partial charge is 0.266 e. The highest BCUT2D eigenvalue weighted by Crippen LogP contribution is 2.34. The Hall–Kier alpha value is -3.84. The van der Waals surface area contributed by atoms with Gasteiger partial charge in [-0.2, -0.15) is 0 Å². The molecule has 6 nitrogen and oxygen atoms in total. The average Bonchev–Trinajstić information content (AvgIpc) is 3.13. The monoisotopic (exact) mass is 471 g/mol. The minimum atomic E-state index is -1.28. The molecule has 172 valence electrons. The molecule has 0 radical (unpaired) electrons. The molecule has 3 aromatic rings. The summed E-state index contributed by atoms with van der Waals surface area (Å²) >= 11 is 1.34. The zero-order valence-corrected chi connectivity index (χ0v) is 19.5. The molecule has 0 aliphatic carbocycles. The summed E-state index contributed by atoms with van der Waals surface area (Å²) in [6, 6.07) is 24.8. The largest absolute Gasteiger partial charge is 0.546 e. The van der Waals surface area contributed by atoms with E-state index in [1.54, 1.807) is 29.2 Å². The fraction of sp³-hybridized carbons (Fsp3) is 0.148. The second-order valence-electron chi connectivity index (χ2n) is 7.76. The van der Waals surface area contributed by atoms with Crippen molar-refractivity contribution >= 4 is 40.6 Å². The molecule has 1 amide bonds. The zero-order chi connectivity index (χ0) is 23.9. The van der Waals surface area contributed by atoms with Crippen molar-refractivity contribution in [2.75, 3.05) is 13.2 Å². The van der Waals surface area contributed by atoms with Gasteiger partial charge in [-0.15, -0.1) is 0 Å². The van der Waals surface area contributed by atoms with E-state index in [-0.39, 0.29) is 5.91 Å². The first kappa shape index (κ1) is 23.3. The lowest BCUT2D eigenvalue weighted by atomic mass is 10.1. The van der Waals surface area contributed by atoms with Crippen LogP contribution >= 0.6 is 11.8 Å². The second kappa shape index (κ2) is 10.9. The number of hydrogen-bond acceptors (Lipinski definition) is 6. The summed E-state index contributed by atoms with van der Waals surface area (Å²) in [7, 11) is 0. The third-order valence-corrected chi connectivity index (χ3v) is 6.15. The number of amides is 1. The number of aryl methyl sites for hydroxylation is 1. The first-order chi connectivity index (χ1) is 16.5. The van der Waals surface area contributed by atoms with Gasteiger partial charge < -0.3 is 14.6 Å². The van der Waals surface area contributed by atoms with E-state index < -0.39 is 12.6 Å². The van der Waals surface area contributed by atoms with E-state index in [0.29, 0.717) is 22.4 Å². The van der Waals surface area contributed by atoms with Crippen LogP contribution in [0.5, 0.6) is 5.75 Å². The third kappa shape index (κ3) is 6.14. The van der Waals surface area contributed by atoms with Gasteiger partial charge in [-0.3, -0.25) is 9.69 Å². The number of carbonyl (C=O) groups excluding carboxylic acids is 2. The number of aliphatic imine (C=N–C) groups is 1. The van der Waals surface area contributed by atoms with Crippen LogP contribution < -0.4 is 9.84 Å². The first-order valence-electron chi connectivity index (χ1n) is 10.8. The van der Waals surface area contributed by atoms with Gasteiger partial charge in [0, 0.05) is 6.54 Å². The molecule has 34 heavy (non-hydrogen) atoms. The number of carbonyl (C=O) groups is 2. The molecule has 4 rings (SSSR count). The predicted octanol–water partition coefficient (Wildman–Crippen LogP) is 3.97. The molecule has 1 fully saturated rings. The van der Waals surface area contributed by atoms with Crippen molar-refractivity contribution in [1.29, 1.82) is 0 Å². The Morgan fingerprint density at radius 1 is 1.03 bits per heavy atom. The summed E-state index contributed by atoms with van der Waals surface area (Å²) in [6.45, 7) is 2.03. The van der Waals surface area contributed by atoms with Gasteiger partial charge in [-0.1, -0.05) is 60.2 Å². The maximum Gasteiger partial charge on any atom is 0.266 e. The molecule has 1 aliphatic rings. The molecule has 0 spiro atoms. The Bertz CT molecular complexity index is 1220. The van der Waals surface area contributed by atoms with Crippen LogP contribution in [0.2, 0.25) is 0 Å². The van der Waals surface area contributed by atoms with Gasteiger partial charge >= 0.3 is 0 Å². The molecule has 0 atom stereocenters. The van der Waals surface area contributed by atoms with Crippen molar-refractivity contribution in [3.63, 3.8) is 0 Å². The number of ether oxygens (including phenoxy) is 1. The summed E-state index contributed by atoms with van der Waals surface area (Å²) < 4.78 is 5.11. The topological polar surface area (TPSA) is 82.0 Å². The molecule has 1 aliphatic heterocycles. The minimum Gasteiger partial charge on any atom is -0.546 e. The van der Waals surface area contributed by atoms with Crippen LogP contribution in [-0.4, -0.2) is 35.1 Å². The Balaban J connectivity index is 1.56. The first-order valence-corrected chi connectivity index (χ1v) is 11.6. The second-order valence-corrected chi connectivity index (χ2v) is 8.77. The van der Waals surface area contributed by atoms with E-state index in [4.69, 9.17) is 9.73 Å². The lowest BCUT2D eigenvalue weighted by Gasteiger charge is -2.15. The number of rotatable bonds is 8. The number of carboxylic acids is 1. The SMILES string of the molecule is Cc1ccc(N=C2SC(=Cc3ccc(OCC(=O)[O-])cc3)C(=O)N2CCc2ccccc2)cc1. The van der Waals surface area contributed by atoms with Crippen molar-refractivity contribution in [3.05, 3.63) is 100 Å². The van der Waals surface area contributed by atoms with Crippen LogP contribution in [0, 0.1) is 6.92 Å². The maximum absolute atomic E-state index is 13.3. The molecular weight excluding hydrogens is 448 g/mol. The summed E-state index contributed by atoms with van der Waals surface area (Å²) in [5, 5.41) is 11.2. The van der Waals surface area contributed by atoms with Crippen LogP contribution in [0.1, 0.15) is 16.7 Å². The molecule has 0 unspecified atom stereocenters. The van der Waals surface area contributed by atoms with Gasteiger partial charge in [0.1, 0.15) is 12.4 Å². The van der Waals surface area contributed by atoms with E-state index in [1.165, 1.54) is 11.8 Å². The molecule has 0 saturated carbocycles. The van der Waals surface area contributed by atoms with Gasteiger partial charge in [0.15, 0.2) is 5.17 Å². The summed E-state index contributed by atoms with van der Waals surface area (Å²) in [6.07, 6.45) is 2.53. The number of benzene rings is 3. The predicted molar refractivity (Wildman–Crippen MR) is 133 cm³/mol. The van der Waals surface area contributed by atoms with Gasteiger partial charge in [-0.25, -0.2) is 4.99 Å². The molecule has 0 N–H and O–H groups in total. The third-order valence-electron chi connectivity index (χ3n) is 5.15. The van der Waals surface area contributed by atoms with Gasteiger partial charge in [0.2, 0.25) is 0 Å². The molecular formula is C27H23N2O4S-. The highest BCUT2D eigenvalue weighted by atomic mass is 32.2. The summed E-state index contributed by atoms with van der Waals surface area (Å²) in [4.78, 5) is 30.9. The highest BCUT2D eigenvalue weighted by molar-refractivity contribution is 8.18. The lowest BCUT2D eigenvalue weighted by molar-refractivity contribution is -0.307. The number of hydrogen-bond donors (Lipinski definition) is 0. The van der Waals surface area contributed by atoms with Crippen molar-refractivity contribution in [1.82, 2.24) is 4.90 Å². The number of thioether (sulfide) groups is 1. The summed E-state index contributed by atoms with van der Waals surface area (Å²) in [5.74, 6) is -0.956. The van der Waals surface area contributed by atoms with E-state index in [1.807, 2.05) is 67.6 Å². The number of carboxylic acid groups (broad SMARTS) is 1. The molecule has 7 heteroatoms. The molecule has 1 heterocycles. The van der Waals surface area contributed by atoms with Crippen LogP contribution in [0.25, 0.3) is 6.08 Å². The number of nitrogens with zero attached hydrogens (tertiary/aromatic N) is 2. The zero-order valence-electron chi connectivity index (χ0n) is 18.6. The fourth-order valence-electron chi connectivity index (χ4n) is 3.36. The fourth-order valence-corrected chi connectivity index (χ4v) is 4.38. The lowest BCUT2D eigenvalue weighted by Crippen LogP contribution is -2.31. The van der Waals surface area contributed by atoms with Gasteiger partial charge in [0.25, 0.3) is 5.91 Å². The Morgan fingerprint density at radius 3 is 2.41 bits per heavy atom. The van der Waals surface area contributed by atoms with E-state index in [0.717, 1.165) is 28.8 Å². The normalized spacial score (nSPS) is 15.8. The maximum atomic E-state index is 13.3. The molecule has 3 aromatic carbocycles. The van der Waals surface area contributed by atoms with Crippen molar-refractivity contribution in [2.45, 2.75) is 13.3 Å².